The van der Waals surface area contributed by atoms with Crippen LogP contribution >= 0.6 is 0 Å². The van der Waals surface area contributed by atoms with Crippen molar-refractivity contribution in [2.45, 2.75) is 25.3 Å². The van der Waals surface area contributed by atoms with Gasteiger partial charge in [0.25, 0.3) is 0 Å². The van der Waals surface area contributed by atoms with Crippen molar-refractivity contribution in [3.8, 4) is 22.9 Å². The van der Waals surface area contributed by atoms with Crippen LogP contribution in [0, 0.1) is 0 Å². The summed E-state index contributed by atoms with van der Waals surface area (Å²) in [7, 11) is 3.23. The molecule has 0 amide bonds. The molecule has 1 atom stereocenters. The maximum atomic E-state index is 5.40. The molecule has 0 spiro atoms. The van der Waals surface area contributed by atoms with Gasteiger partial charge in [-0.3, -0.25) is 0 Å². The van der Waals surface area contributed by atoms with Crippen molar-refractivity contribution in [2.24, 2.45) is 0 Å². The summed E-state index contributed by atoms with van der Waals surface area (Å²) in [6.07, 6.45) is 3.41. The van der Waals surface area contributed by atoms with Gasteiger partial charge >= 0.3 is 0 Å². The maximum Gasteiger partial charge on any atom is 0.244 e. The molecular weight excluding hydrogens is 270 g/mol. The Morgan fingerprint density at radius 1 is 1.14 bits per heavy atom. The van der Waals surface area contributed by atoms with Gasteiger partial charge in [0.2, 0.25) is 11.7 Å². The Kier molecular flexibility index (Phi) is 4.06. The highest BCUT2D eigenvalue weighted by Crippen LogP contribution is 2.29. The van der Waals surface area contributed by atoms with Crippen molar-refractivity contribution in [2.75, 3.05) is 20.8 Å². The fraction of sp³-hybridized carbons (Fsp3) is 0.467. The van der Waals surface area contributed by atoms with E-state index in [-0.39, 0.29) is 6.04 Å². The molecule has 1 aromatic carbocycles. The first-order chi connectivity index (χ1) is 10.3. The molecule has 2 heterocycles. The second-order valence-electron chi connectivity index (χ2n) is 5.06. The van der Waals surface area contributed by atoms with Crippen LogP contribution in [0.25, 0.3) is 11.4 Å². The maximum absolute atomic E-state index is 5.40. The molecule has 112 valence electrons. The zero-order chi connectivity index (χ0) is 14.7. The van der Waals surface area contributed by atoms with E-state index in [4.69, 9.17) is 14.0 Å². The van der Waals surface area contributed by atoms with Gasteiger partial charge in [-0.25, -0.2) is 0 Å². The molecule has 0 radical (unpaired) electrons. The topological polar surface area (TPSA) is 69.4 Å². The highest BCUT2D eigenvalue weighted by Gasteiger charge is 2.21. The van der Waals surface area contributed by atoms with Crippen LogP contribution in [0.2, 0.25) is 0 Å². The molecule has 1 fully saturated rings. The van der Waals surface area contributed by atoms with Crippen LogP contribution in [-0.4, -0.2) is 30.9 Å². The molecule has 1 aromatic heterocycles. The number of rotatable bonds is 4. The highest BCUT2D eigenvalue weighted by molar-refractivity contribution is 5.60. The predicted octanol–water partition coefficient (Wildman–Crippen LogP) is 2.57. The second kappa shape index (κ2) is 6.13. The van der Waals surface area contributed by atoms with E-state index >= 15 is 0 Å². The molecular formula is C15H19N3O3. The smallest absolute Gasteiger partial charge is 0.244 e. The third kappa shape index (κ3) is 3.00. The molecule has 2 aromatic rings. The third-order valence-electron chi connectivity index (χ3n) is 3.66. The molecule has 0 aliphatic carbocycles. The lowest BCUT2D eigenvalue weighted by atomic mass is 10.1. The third-order valence-corrected chi connectivity index (χ3v) is 3.66. The van der Waals surface area contributed by atoms with E-state index in [9.17, 15) is 0 Å². The Hall–Kier alpha value is -2.08. The van der Waals surface area contributed by atoms with Crippen molar-refractivity contribution in [1.82, 2.24) is 15.5 Å². The number of nitrogens with zero attached hydrogens (tertiary/aromatic N) is 2. The molecule has 3 rings (SSSR count). The first-order valence-corrected chi connectivity index (χ1v) is 7.10. The van der Waals surface area contributed by atoms with Crippen LogP contribution in [0.4, 0.5) is 0 Å². The van der Waals surface area contributed by atoms with Crippen LogP contribution in [0.5, 0.6) is 11.5 Å². The number of nitrogens with one attached hydrogen (secondary N) is 1. The standard InChI is InChI=1S/C15H19N3O3/c1-19-11-7-10(8-12(9-11)20-2)14-17-15(21-18-14)13-5-3-4-6-16-13/h7-9,13,16H,3-6H2,1-2H3/t13-/m1/s1. The summed E-state index contributed by atoms with van der Waals surface area (Å²) >= 11 is 0. The number of piperidine rings is 1. The van der Waals surface area contributed by atoms with Crippen molar-refractivity contribution < 1.29 is 14.0 Å². The van der Waals surface area contributed by atoms with E-state index in [2.05, 4.69) is 15.5 Å². The number of hydrogen-bond donors (Lipinski definition) is 1. The van der Waals surface area contributed by atoms with Gasteiger partial charge < -0.3 is 19.3 Å². The van der Waals surface area contributed by atoms with Crippen molar-refractivity contribution >= 4 is 0 Å². The predicted molar refractivity (Wildman–Crippen MR) is 77.4 cm³/mol. The van der Waals surface area contributed by atoms with Gasteiger partial charge in [0.05, 0.1) is 20.3 Å². The first kappa shape index (κ1) is 13.9. The van der Waals surface area contributed by atoms with Crippen LogP contribution in [0.3, 0.4) is 0 Å². The fourth-order valence-corrected chi connectivity index (χ4v) is 2.49. The molecule has 1 aliphatic heterocycles. The monoisotopic (exact) mass is 289 g/mol. The quantitative estimate of drug-likeness (QED) is 0.933. The Morgan fingerprint density at radius 3 is 2.52 bits per heavy atom. The molecule has 1 N–H and O–H groups in total. The van der Waals surface area contributed by atoms with E-state index in [1.54, 1.807) is 14.2 Å². The lowest BCUT2D eigenvalue weighted by Gasteiger charge is -2.19. The van der Waals surface area contributed by atoms with Crippen molar-refractivity contribution in [3.63, 3.8) is 0 Å². The molecule has 0 saturated carbocycles. The number of ether oxygens (including phenoxy) is 2. The normalized spacial score (nSPS) is 18.5. The minimum Gasteiger partial charge on any atom is -0.497 e. The van der Waals surface area contributed by atoms with Gasteiger partial charge in [-0.05, 0) is 31.5 Å². The Morgan fingerprint density at radius 2 is 1.90 bits per heavy atom. The molecule has 0 bridgehead atoms. The van der Waals surface area contributed by atoms with Crippen molar-refractivity contribution in [3.05, 3.63) is 24.1 Å². The van der Waals surface area contributed by atoms with Crippen LogP contribution in [0.15, 0.2) is 22.7 Å². The largest absolute Gasteiger partial charge is 0.497 e. The summed E-state index contributed by atoms with van der Waals surface area (Å²) in [5.74, 6) is 2.60. The SMILES string of the molecule is COc1cc(OC)cc(-c2noc([C@H]3CCCCN3)n2)c1. The molecule has 0 unspecified atom stereocenters. The van der Waals surface area contributed by atoms with E-state index in [1.165, 1.54) is 12.8 Å². The van der Waals surface area contributed by atoms with Gasteiger partial charge in [0.1, 0.15) is 11.5 Å². The van der Waals surface area contributed by atoms with Gasteiger partial charge in [-0.1, -0.05) is 11.6 Å². The van der Waals surface area contributed by atoms with Crippen LogP contribution in [-0.2, 0) is 0 Å². The van der Waals surface area contributed by atoms with E-state index in [0.29, 0.717) is 23.2 Å². The summed E-state index contributed by atoms with van der Waals surface area (Å²) in [6, 6.07) is 5.71. The summed E-state index contributed by atoms with van der Waals surface area (Å²) in [4.78, 5) is 4.50. The summed E-state index contributed by atoms with van der Waals surface area (Å²) in [5.41, 5.74) is 0.817. The van der Waals surface area contributed by atoms with Gasteiger partial charge in [0, 0.05) is 11.6 Å². The molecule has 1 saturated heterocycles. The van der Waals surface area contributed by atoms with Crippen LogP contribution < -0.4 is 14.8 Å². The fourth-order valence-electron chi connectivity index (χ4n) is 2.49. The first-order valence-electron chi connectivity index (χ1n) is 7.10. The lowest BCUT2D eigenvalue weighted by molar-refractivity contribution is 0.297. The zero-order valence-electron chi connectivity index (χ0n) is 12.3. The van der Waals surface area contributed by atoms with Gasteiger partial charge in [-0.2, -0.15) is 4.98 Å². The summed E-state index contributed by atoms with van der Waals surface area (Å²) in [5, 5.41) is 7.47. The van der Waals surface area contributed by atoms with Crippen molar-refractivity contribution in [1.29, 1.82) is 0 Å². The number of aromatic nitrogens is 2. The van der Waals surface area contributed by atoms with E-state index in [0.717, 1.165) is 18.5 Å². The highest BCUT2D eigenvalue weighted by atomic mass is 16.5. The second-order valence-corrected chi connectivity index (χ2v) is 5.06. The molecule has 6 nitrogen and oxygen atoms in total. The summed E-state index contributed by atoms with van der Waals surface area (Å²) in [6.45, 7) is 0.995. The number of hydrogen-bond acceptors (Lipinski definition) is 6. The Bertz CT molecular complexity index is 584. The minimum atomic E-state index is 0.160. The molecule has 21 heavy (non-hydrogen) atoms. The van der Waals surface area contributed by atoms with Gasteiger partial charge in [0.15, 0.2) is 0 Å². The Balaban J connectivity index is 1.88. The van der Waals surface area contributed by atoms with Gasteiger partial charge in [-0.15, -0.1) is 0 Å². The molecule has 1 aliphatic rings. The van der Waals surface area contributed by atoms with Crippen LogP contribution in [0.1, 0.15) is 31.2 Å². The average molecular weight is 289 g/mol. The Labute approximate surface area is 123 Å². The number of methoxy groups -OCH3 is 2. The lowest BCUT2D eigenvalue weighted by Crippen LogP contribution is -2.26. The number of benzene rings is 1. The average Bonchev–Trinajstić information content (AvgIpc) is 3.05. The van der Waals surface area contributed by atoms with E-state index in [1.807, 2.05) is 18.2 Å². The minimum absolute atomic E-state index is 0.160. The zero-order valence-corrected chi connectivity index (χ0v) is 12.3. The summed E-state index contributed by atoms with van der Waals surface area (Å²) < 4.78 is 15.9. The van der Waals surface area contributed by atoms with E-state index < -0.39 is 0 Å². The molecule has 6 heteroatoms.